The lowest BCUT2D eigenvalue weighted by atomic mass is 10.0. The van der Waals surface area contributed by atoms with Crippen molar-refractivity contribution in [1.82, 2.24) is 4.90 Å². The van der Waals surface area contributed by atoms with E-state index in [0.29, 0.717) is 12.2 Å². The Labute approximate surface area is 124 Å². The van der Waals surface area contributed by atoms with Crippen LogP contribution >= 0.6 is 0 Å². The van der Waals surface area contributed by atoms with Gasteiger partial charge in [0.05, 0.1) is 13.2 Å². The van der Waals surface area contributed by atoms with Crippen LogP contribution in [-0.4, -0.2) is 50.6 Å². The fraction of sp³-hybridized carbons (Fsp3) is 0.353. The molecule has 0 aliphatic carbocycles. The molecule has 0 spiro atoms. The van der Waals surface area contributed by atoms with Crippen molar-refractivity contribution in [2.24, 2.45) is 0 Å². The Balaban J connectivity index is 1.70. The van der Waals surface area contributed by atoms with Crippen molar-refractivity contribution >= 4 is 17.1 Å². The maximum Gasteiger partial charge on any atom is 0.150 e. The SMILES string of the molecule is O=Cc1ccc(OCCN2CCOCC2)c2ccccc12. The number of carbonyl (C=O) groups is 1. The first kappa shape index (κ1) is 14.0. The topological polar surface area (TPSA) is 38.8 Å². The van der Waals surface area contributed by atoms with E-state index in [9.17, 15) is 4.79 Å². The molecule has 3 rings (SSSR count). The van der Waals surface area contributed by atoms with Gasteiger partial charge in [0.25, 0.3) is 0 Å². The molecule has 0 unspecified atom stereocenters. The lowest BCUT2D eigenvalue weighted by Gasteiger charge is -2.26. The number of nitrogens with zero attached hydrogens (tertiary/aromatic N) is 1. The molecule has 1 fully saturated rings. The van der Waals surface area contributed by atoms with Crippen molar-refractivity contribution in [3.05, 3.63) is 42.0 Å². The van der Waals surface area contributed by atoms with Crippen LogP contribution in [0.25, 0.3) is 10.8 Å². The van der Waals surface area contributed by atoms with E-state index >= 15 is 0 Å². The van der Waals surface area contributed by atoms with Crippen molar-refractivity contribution in [3.63, 3.8) is 0 Å². The molecule has 21 heavy (non-hydrogen) atoms. The molecule has 0 N–H and O–H groups in total. The van der Waals surface area contributed by atoms with Crippen molar-refractivity contribution in [1.29, 1.82) is 0 Å². The number of aldehydes is 1. The zero-order valence-corrected chi connectivity index (χ0v) is 12.0. The Bertz CT molecular complexity index is 620. The molecule has 0 amide bonds. The minimum Gasteiger partial charge on any atom is -0.492 e. The average molecular weight is 285 g/mol. The molecule has 0 radical (unpaired) electrons. The first-order valence-electron chi connectivity index (χ1n) is 7.28. The van der Waals surface area contributed by atoms with Gasteiger partial charge in [-0.15, -0.1) is 0 Å². The third-order valence-corrected chi connectivity index (χ3v) is 3.81. The number of ether oxygens (including phenoxy) is 2. The molecule has 2 aromatic rings. The maximum absolute atomic E-state index is 11.1. The van der Waals surface area contributed by atoms with Crippen LogP contribution in [0.15, 0.2) is 36.4 Å². The normalized spacial score (nSPS) is 16.0. The molecule has 0 bridgehead atoms. The van der Waals surface area contributed by atoms with Gasteiger partial charge in [-0.2, -0.15) is 0 Å². The maximum atomic E-state index is 11.1. The summed E-state index contributed by atoms with van der Waals surface area (Å²) in [6.45, 7) is 5.08. The Hall–Kier alpha value is -1.91. The molecule has 4 heteroatoms. The smallest absolute Gasteiger partial charge is 0.150 e. The molecule has 0 aromatic heterocycles. The Kier molecular flexibility index (Phi) is 4.48. The van der Waals surface area contributed by atoms with Crippen LogP contribution in [0.3, 0.4) is 0 Å². The molecule has 1 aliphatic heterocycles. The summed E-state index contributed by atoms with van der Waals surface area (Å²) in [5, 5.41) is 1.93. The second kappa shape index (κ2) is 6.70. The van der Waals surface area contributed by atoms with E-state index in [1.54, 1.807) is 0 Å². The first-order chi connectivity index (χ1) is 10.4. The molecule has 2 aromatic carbocycles. The lowest BCUT2D eigenvalue weighted by molar-refractivity contribution is 0.0323. The zero-order valence-electron chi connectivity index (χ0n) is 12.0. The van der Waals surface area contributed by atoms with Crippen LogP contribution in [0.2, 0.25) is 0 Å². The van der Waals surface area contributed by atoms with Gasteiger partial charge in [0.1, 0.15) is 12.4 Å². The highest BCUT2D eigenvalue weighted by atomic mass is 16.5. The number of benzene rings is 2. The van der Waals surface area contributed by atoms with Crippen molar-refractivity contribution < 1.29 is 14.3 Å². The molecule has 1 aliphatic rings. The molecular weight excluding hydrogens is 266 g/mol. The van der Waals surface area contributed by atoms with Gasteiger partial charge in [0.2, 0.25) is 0 Å². The van der Waals surface area contributed by atoms with E-state index in [-0.39, 0.29) is 0 Å². The molecular formula is C17H19NO3. The number of fused-ring (bicyclic) bond motifs is 1. The molecule has 0 saturated carbocycles. The highest BCUT2D eigenvalue weighted by Gasteiger charge is 2.11. The van der Waals surface area contributed by atoms with E-state index in [1.165, 1.54) is 0 Å². The summed E-state index contributed by atoms with van der Waals surface area (Å²) in [6, 6.07) is 11.5. The summed E-state index contributed by atoms with van der Waals surface area (Å²) >= 11 is 0. The highest BCUT2D eigenvalue weighted by molar-refractivity contribution is 6.00. The van der Waals surface area contributed by atoms with Crippen LogP contribution in [0.5, 0.6) is 5.75 Å². The monoisotopic (exact) mass is 285 g/mol. The predicted octanol–water partition coefficient (Wildman–Crippen LogP) is 2.36. The Morgan fingerprint density at radius 2 is 1.86 bits per heavy atom. The number of rotatable bonds is 5. The standard InChI is InChI=1S/C17H19NO3/c19-13-14-5-6-17(16-4-2-1-3-15(14)16)21-12-9-18-7-10-20-11-8-18/h1-6,13H,7-12H2. The molecule has 4 nitrogen and oxygen atoms in total. The number of hydrogen-bond donors (Lipinski definition) is 0. The van der Waals surface area contributed by atoms with Gasteiger partial charge in [0.15, 0.2) is 6.29 Å². The summed E-state index contributed by atoms with van der Waals surface area (Å²) in [6.07, 6.45) is 0.889. The highest BCUT2D eigenvalue weighted by Crippen LogP contribution is 2.27. The van der Waals surface area contributed by atoms with E-state index in [4.69, 9.17) is 9.47 Å². The van der Waals surface area contributed by atoms with Gasteiger partial charge in [-0.05, 0) is 17.5 Å². The quantitative estimate of drug-likeness (QED) is 0.791. The molecule has 0 atom stereocenters. The van der Waals surface area contributed by atoms with Gasteiger partial charge in [-0.3, -0.25) is 9.69 Å². The lowest BCUT2D eigenvalue weighted by Crippen LogP contribution is -2.38. The van der Waals surface area contributed by atoms with Crippen LogP contribution in [0.1, 0.15) is 10.4 Å². The summed E-state index contributed by atoms with van der Waals surface area (Å²) < 4.78 is 11.3. The van der Waals surface area contributed by atoms with Gasteiger partial charge >= 0.3 is 0 Å². The summed E-state index contributed by atoms with van der Waals surface area (Å²) in [4.78, 5) is 13.4. The largest absolute Gasteiger partial charge is 0.492 e. The van der Waals surface area contributed by atoms with E-state index < -0.39 is 0 Å². The Morgan fingerprint density at radius 1 is 1.10 bits per heavy atom. The summed E-state index contributed by atoms with van der Waals surface area (Å²) in [5.41, 5.74) is 0.700. The molecule has 110 valence electrons. The average Bonchev–Trinajstić information content (AvgIpc) is 2.56. The van der Waals surface area contributed by atoms with Gasteiger partial charge in [-0.25, -0.2) is 0 Å². The number of hydrogen-bond acceptors (Lipinski definition) is 4. The minimum absolute atomic E-state index is 0.643. The predicted molar refractivity (Wildman–Crippen MR) is 82.1 cm³/mol. The fourth-order valence-electron chi connectivity index (χ4n) is 2.63. The van der Waals surface area contributed by atoms with Crippen molar-refractivity contribution in [3.8, 4) is 5.75 Å². The van der Waals surface area contributed by atoms with Gasteiger partial charge in [0, 0.05) is 30.6 Å². The van der Waals surface area contributed by atoms with Crippen molar-refractivity contribution in [2.75, 3.05) is 39.5 Å². The van der Waals surface area contributed by atoms with Crippen molar-refractivity contribution in [2.45, 2.75) is 0 Å². The van der Waals surface area contributed by atoms with Gasteiger partial charge < -0.3 is 9.47 Å². The number of morpholine rings is 1. The molecule has 1 saturated heterocycles. The second-order valence-electron chi connectivity index (χ2n) is 5.12. The third-order valence-electron chi connectivity index (χ3n) is 3.81. The first-order valence-corrected chi connectivity index (χ1v) is 7.28. The van der Waals surface area contributed by atoms with E-state index in [0.717, 1.165) is 55.7 Å². The van der Waals surface area contributed by atoms with Crippen LogP contribution in [0.4, 0.5) is 0 Å². The van der Waals surface area contributed by atoms with Crippen LogP contribution in [-0.2, 0) is 4.74 Å². The fourth-order valence-corrected chi connectivity index (χ4v) is 2.63. The minimum atomic E-state index is 0.643. The van der Waals surface area contributed by atoms with E-state index in [2.05, 4.69) is 4.90 Å². The van der Waals surface area contributed by atoms with Crippen LogP contribution < -0.4 is 4.74 Å². The Morgan fingerprint density at radius 3 is 2.62 bits per heavy atom. The van der Waals surface area contributed by atoms with E-state index in [1.807, 2.05) is 36.4 Å². The second-order valence-corrected chi connectivity index (χ2v) is 5.12. The summed E-state index contributed by atoms with van der Waals surface area (Å²) in [7, 11) is 0. The zero-order chi connectivity index (χ0) is 14.5. The summed E-state index contributed by atoms with van der Waals surface area (Å²) in [5.74, 6) is 0.837. The van der Waals surface area contributed by atoms with Crippen LogP contribution in [0, 0.1) is 0 Å². The molecule has 1 heterocycles. The van der Waals surface area contributed by atoms with Gasteiger partial charge in [-0.1, -0.05) is 24.3 Å². The number of carbonyl (C=O) groups excluding carboxylic acids is 1. The third kappa shape index (κ3) is 3.23.